The van der Waals surface area contributed by atoms with Crippen LogP contribution < -0.4 is 10.2 Å². The molecule has 0 aliphatic carbocycles. The Kier molecular flexibility index (Phi) is 7.88. The van der Waals surface area contributed by atoms with Crippen molar-refractivity contribution in [3.8, 4) is 0 Å². The number of nitrogens with one attached hydrogen (secondary N) is 1. The molecule has 4 aromatic rings. The van der Waals surface area contributed by atoms with Crippen LogP contribution in [0.4, 0.5) is 10.1 Å². The van der Waals surface area contributed by atoms with E-state index in [1.165, 1.54) is 17.7 Å². The lowest BCUT2D eigenvalue weighted by molar-refractivity contribution is -0.107. The number of halogens is 2. The normalized spacial score (nSPS) is 13.0. The number of rotatable bonds is 6. The van der Waals surface area contributed by atoms with E-state index >= 15 is 0 Å². The van der Waals surface area contributed by atoms with Crippen LogP contribution in [-0.4, -0.2) is 31.4 Å². The summed E-state index contributed by atoms with van der Waals surface area (Å²) in [7, 11) is 2.00. The number of carbonyl (C=O) groups is 1. The number of carbonyl (C=O) groups excluding carboxylic acids is 1. The number of aromatic nitrogens is 1. The summed E-state index contributed by atoms with van der Waals surface area (Å²) in [5, 5.41) is 5.92. The second-order valence-corrected chi connectivity index (χ2v) is 8.91. The van der Waals surface area contributed by atoms with Crippen LogP contribution in [0.15, 0.2) is 79.1 Å². The summed E-state index contributed by atoms with van der Waals surface area (Å²) in [5.41, 5.74) is 4.36. The van der Waals surface area contributed by atoms with E-state index in [0.29, 0.717) is 23.9 Å². The molecule has 1 saturated heterocycles. The molecule has 0 radical (unpaired) electrons. The van der Waals surface area contributed by atoms with Crippen LogP contribution in [0.3, 0.4) is 0 Å². The van der Waals surface area contributed by atoms with E-state index in [9.17, 15) is 9.18 Å². The minimum absolute atomic E-state index is 0.293. The summed E-state index contributed by atoms with van der Waals surface area (Å²) >= 11 is 5.89. The van der Waals surface area contributed by atoms with Crippen molar-refractivity contribution in [2.75, 3.05) is 25.0 Å². The Hall–Kier alpha value is -3.28. The number of hydrogen-bond donors (Lipinski definition) is 1. The average Bonchev–Trinajstić information content (AvgIpc) is 2.79. The second-order valence-electron chi connectivity index (χ2n) is 8.47. The van der Waals surface area contributed by atoms with Gasteiger partial charge in [0.15, 0.2) is 0 Å². The molecule has 1 aromatic heterocycles. The van der Waals surface area contributed by atoms with E-state index < -0.39 is 0 Å². The van der Waals surface area contributed by atoms with Gasteiger partial charge in [0.05, 0.1) is 0 Å². The molecule has 0 saturated carbocycles. The van der Waals surface area contributed by atoms with Crippen molar-refractivity contribution in [2.45, 2.75) is 18.9 Å². The first-order chi connectivity index (χ1) is 16.5. The molecule has 0 unspecified atom stereocenters. The maximum atomic E-state index is 13.4. The molecule has 34 heavy (non-hydrogen) atoms. The predicted octanol–water partition coefficient (Wildman–Crippen LogP) is 5.78. The van der Waals surface area contributed by atoms with Gasteiger partial charge in [0.2, 0.25) is 0 Å². The Morgan fingerprint density at radius 2 is 1.85 bits per heavy atom. The number of benzene rings is 3. The highest BCUT2D eigenvalue weighted by atomic mass is 35.5. The molecular weight excluding hydrogens is 449 g/mol. The topological polar surface area (TPSA) is 45.2 Å². The van der Waals surface area contributed by atoms with Gasteiger partial charge in [0.25, 0.3) is 0 Å². The van der Waals surface area contributed by atoms with Crippen molar-refractivity contribution < 1.29 is 9.18 Å². The van der Waals surface area contributed by atoms with Crippen molar-refractivity contribution in [3.63, 3.8) is 0 Å². The zero-order chi connectivity index (χ0) is 23.9. The molecule has 1 fully saturated rings. The highest BCUT2D eigenvalue weighted by molar-refractivity contribution is 6.30. The van der Waals surface area contributed by atoms with Crippen LogP contribution in [0.2, 0.25) is 5.02 Å². The molecule has 6 heteroatoms. The summed E-state index contributed by atoms with van der Waals surface area (Å²) in [6.45, 7) is 2.76. The van der Waals surface area contributed by atoms with Crippen LogP contribution in [0.1, 0.15) is 22.6 Å². The highest BCUT2D eigenvalue weighted by Crippen LogP contribution is 2.24. The molecule has 174 valence electrons. The maximum Gasteiger partial charge on any atom is 0.125 e. The molecule has 0 spiro atoms. The van der Waals surface area contributed by atoms with Gasteiger partial charge in [-0.2, -0.15) is 0 Å². The van der Waals surface area contributed by atoms with Gasteiger partial charge in [-0.15, -0.1) is 0 Å². The lowest BCUT2D eigenvalue weighted by Crippen LogP contribution is -2.39. The molecule has 5 rings (SSSR count). The van der Waals surface area contributed by atoms with Gasteiger partial charge in [-0.25, -0.2) is 4.39 Å². The fraction of sp³-hybridized carbons (Fsp3) is 0.214. The van der Waals surface area contributed by atoms with Crippen molar-refractivity contribution in [1.29, 1.82) is 0 Å². The number of fused-ring (bicyclic) bond motifs is 1. The molecule has 2 heterocycles. The van der Waals surface area contributed by atoms with Gasteiger partial charge in [-0.1, -0.05) is 48.0 Å². The zero-order valence-corrected chi connectivity index (χ0v) is 19.8. The standard InChI is InChI=1S/C17H18ClFN2.C11H9NO/c1-21(11-12-6-15(18)8-16(19)7-12)17-4-2-13(3-5-17)14-9-20-10-14;13-6-5-10-8-12-7-9-3-1-2-4-11(9)10/h2-8,14,20H,9-11H2,1H3;1-4,6-8H,5H2. The smallest absolute Gasteiger partial charge is 0.125 e. The van der Waals surface area contributed by atoms with E-state index in [1.807, 2.05) is 37.5 Å². The quantitative estimate of drug-likeness (QED) is 0.359. The zero-order valence-electron chi connectivity index (χ0n) is 19.0. The van der Waals surface area contributed by atoms with Gasteiger partial charge in [-0.05, 0) is 52.4 Å². The third-order valence-corrected chi connectivity index (χ3v) is 6.20. The van der Waals surface area contributed by atoms with Gasteiger partial charge in [0.1, 0.15) is 12.1 Å². The number of aldehydes is 1. The molecule has 1 aliphatic heterocycles. The molecule has 0 bridgehead atoms. The minimum Gasteiger partial charge on any atom is -0.370 e. The van der Waals surface area contributed by atoms with Crippen LogP contribution in [-0.2, 0) is 17.8 Å². The Labute approximate surface area is 204 Å². The fourth-order valence-electron chi connectivity index (χ4n) is 4.02. The lowest BCUT2D eigenvalue weighted by atomic mass is 9.94. The second kappa shape index (κ2) is 11.2. The molecule has 3 aromatic carbocycles. The summed E-state index contributed by atoms with van der Waals surface area (Å²) in [4.78, 5) is 16.6. The van der Waals surface area contributed by atoms with E-state index in [2.05, 4.69) is 39.5 Å². The first kappa shape index (κ1) is 23.9. The molecule has 4 nitrogen and oxygen atoms in total. The van der Waals surface area contributed by atoms with E-state index in [1.54, 1.807) is 12.3 Å². The largest absolute Gasteiger partial charge is 0.370 e. The maximum absolute atomic E-state index is 13.4. The first-order valence-corrected chi connectivity index (χ1v) is 11.6. The minimum atomic E-state index is -0.293. The monoisotopic (exact) mass is 475 g/mol. The predicted molar refractivity (Wildman–Crippen MR) is 137 cm³/mol. The fourth-order valence-corrected chi connectivity index (χ4v) is 4.27. The van der Waals surface area contributed by atoms with Crippen LogP contribution in [0.5, 0.6) is 0 Å². The van der Waals surface area contributed by atoms with Crippen molar-refractivity contribution in [1.82, 2.24) is 10.3 Å². The summed E-state index contributed by atoms with van der Waals surface area (Å²) < 4.78 is 13.4. The van der Waals surface area contributed by atoms with Gasteiger partial charge in [0, 0.05) is 67.5 Å². The molecule has 0 amide bonds. The van der Waals surface area contributed by atoms with Crippen molar-refractivity contribution >= 4 is 34.3 Å². The number of hydrogen-bond acceptors (Lipinski definition) is 4. The summed E-state index contributed by atoms with van der Waals surface area (Å²) in [5.74, 6) is 0.352. The molecular formula is C28H27ClFN3O. The molecule has 1 aliphatic rings. The summed E-state index contributed by atoms with van der Waals surface area (Å²) in [6, 6.07) is 21.2. The Morgan fingerprint density at radius 1 is 1.09 bits per heavy atom. The van der Waals surface area contributed by atoms with E-state index in [-0.39, 0.29) is 5.82 Å². The van der Waals surface area contributed by atoms with Gasteiger partial charge < -0.3 is 15.0 Å². The summed E-state index contributed by atoms with van der Waals surface area (Å²) in [6.07, 6.45) is 4.90. The van der Waals surface area contributed by atoms with Crippen molar-refractivity contribution in [2.24, 2.45) is 0 Å². The Morgan fingerprint density at radius 3 is 2.53 bits per heavy atom. The lowest BCUT2D eigenvalue weighted by Gasteiger charge is -2.28. The average molecular weight is 476 g/mol. The Balaban J connectivity index is 0.000000180. The van der Waals surface area contributed by atoms with Gasteiger partial charge in [-0.3, -0.25) is 4.98 Å². The van der Waals surface area contributed by atoms with Crippen LogP contribution in [0, 0.1) is 5.82 Å². The van der Waals surface area contributed by atoms with Crippen LogP contribution in [0.25, 0.3) is 10.8 Å². The van der Waals surface area contributed by atoms with E-state index in [0.717, 1.165) is 47.0 Å². The number of nitrogens with zero attached hydrogens (tertiary/aromatic N) is 2. The number of pyridine rings is 1. The molecule has 0 atom stereocenters. The van der Waals surface area contributed by atoms with Gasteiger partial charge >= 0.3 is 0 Å². The SMILES string of the molecule is CN(Cc1cc(F)cc(Cl)c1)c1ccc(C2CNC2)cc1.O=CCc1cncc2ccccc12. The molecule has 1 N–H and O–H groups in total. The third-order valence-electron chi connectivity index (χ3n) is 5.98. The van der Waals surface area contributed by atoms with Crippen molar-refractivity contribution in [3.05, 3.63) is 107 Å². The van der Waals surface area contributed by atoms with Crippen LogP contribution >= 0.6 is 11.6 Å². The number of anilines is 1. The van der Waals surface area contributed by atoms with E-state index in [4.69, 9.17) is 11.6 Å². The Bertz CT molecular complexity index is 1230. The highest BCUT2D eigenvalue weighted by Gasteiger charge is 2.18. The first-order valence-electron chi connectivity index (χ1n) is 11.3. The third kappa shape index (κ3) is 5.99.